The van der Waals surface area contributed by atoms with Gasteiger partial charge < -0.3 is 20.3 Å². The first-order chi connectivity index (χ1) is 10.3. The lowest BCUT2D eigenvalue weighted by Gasteiger charge is -2.35. The molecule has 6 nitrogen and oxygen atoms in total. The molecule has 1 aliphatic rings. The highest BCUT2D eigenvalue weighted by Gasteiger charge is 2.28. The Morgan fingerprint density at radius 2 is 2.38 bits per heavy atom. The van der Waals surface area contributed by atoms with Crippen LogP contribution in [0.1, 0.15) is 18.9 Å². The summed E-state index contributed by atoms with van der Waals surface area (Å²) >= 11 is 0. The van der Waals surface area contributed by atoms with Crippen LogP contribution in [0.3, 0.4) is 0 Å². The first kappa shape index (κ1) is 15.7. The lowest BCUT2D eigenvalue weighted by atomic mass is 10.1. The Labute approximate surface area is 125 Å². The van der Waals surface area contributed by atoms with Crippen molar-refractivity contribution in [3.8, 4) is 0 Å². The number of carbonyl (C=O) groups excluding carboxylic acids is 1. The van der Waals surface area contributed by atoms with Gasteiger partial charge in [-0.1, -0.05) is 13.0 Å². The average Bonchev–Trinajstić information content (AvgIpc) is 2.52. The molecule has 1 aromatic heterocycles. The van der Waals surface area contributed by atoms with Gasteiger partial charge in [0.15, 0.2) is 0 Å². The molecular formula is C15H24N4O2. The van der Waals surface area contributed by atoms with Crippen molar-refractivity contribution in [2.24, 2.45) is 0 Å². The van der Waals surface area contributed by atoms with Crippen LogP contribution in [-0.4, -0.2) is 50.3 Å². The first-order valence-corrected chi connectivity index (χ1v) is 7.45. The molecule has 0 radical (unpaired) electrons. The molecule has 1 amide bonds. The van der Waals surface area contributed by atoms with Crippen LogP contribution in [0.25, 0.3) is 0 Å². The second kappa shape index (κ2) is 7.95. The largest absolute Gasteiger partial charge is 0.383 e. The van der Waals surface area contributed by atoms with Crippen molar-refractivity contribution in [1.29, 1.82) is 0 Å². The molecule has 2 heterocycles. The highest BCUT2D eigenvalue weighted by Crippen LogP contribution is 2.18. The molecule has 2 N–H and O–H groups in total. The molecule has 0 aromatic carbocycles. The van der Waals surface area contributed by atoms with Crippen LogP contribution in [0, 0.1) is 0 Å². The van der Waals surface area contributed by atoms with Gasteiger partial charge in [-0.15, -0.1) is 0 Å². The number of anilines is 1. The van der Waals surface area contributed by atoms with Gasteiger partial charge in [0.25, 0.3) is 0 Å². The third-order valence-corrected chi connectivity index (χ3v) is 3.63. The summed E-state index contributed by atoms with van der Waals surface area (Å²) in [6.07, 6.45) is 2.65. The number of piperazine rings is 1. The number of aromatic nitrogens is 1. The molecule has 21 heavy (non-hydrogen) atoms. The number of methoxy groups -OCH3 is 1. The maximum absolute atomic E-state index is 11.9. The minimum absolute atomic E-state index is 0.0934. The molecular weight excluding hydrogens is 268 g/mol. The van der Waals surface area contributed by atoms with Crippen LogP contribution < -0.4 is 15.5 Å². The molecule has 1 aromatic rings. The third kappa shape index (κ3) is 4.15. The molecule has 6 heteroatoms. The lowest BCUT2D eigenvalue weighted by Crippen LogP contribution is -2.55. The lowest BCUT2D eigenvalue weighted by molar-refractivity contribution is -0.123. The molecule has 0 saturated carbocycles. The summed E-state index contributed by atoms with van der Waals surface area (Å²) in [6.45, 7) is 5.81. The minimum Gasteiger partial charge on any atom is -0.383 e. The summed E-state index contributed by atoms with van der Waals surface area (Å²) in [5.41, 5.74) is 1.13. The van der Waals surface area contributed by atoms with E-state index >= 15 is 0 Å². The Kier molecular flexibility index (Phi) is 5.95. The second-order valence-electron chi connectivity index (χ2n) is 5.10. The second-order valence-corrected chi connectivity index (χ2v) is 5.10. The number of carbonyl (C=O) groups is 1. The first-order valence-electron chi connectivity index (χ1n) is 7.45. The quantitative estimate of drug-likeness (QED) is 0.718. The standard InChI is InChI=1S/C15H24N4O2/c1-3-13-15(20)17-6-8-19(13)14-5-4-12(11-18-14)10-16-7-9-21-2/h4-5,11,13,16H,3,6-10H2,1-2H3,(H,17,20). The number of pyridine rings is 1. The van der Waals surface area contributed by atoms with Crippen molar-refractivity contribution in [2.45, 2.75) is 25.9 Å². The Hall–Kier alpha value is -1.66. The van der Waals surface area contributed by atoms with Crippen LogP contribution in [-0.2, 0) is 16.1 Å². The molecule has 0 bridgehead atoms. The normalized spacial score (nSPS) is 18.7. The fourth-order valence-corrected chi connectivity index (χ4v) is 2.49. The van der Waals surface area contributed by atoms with E-state index in [1.807, 2.05) is 19.2 Å². The number of nitrogens with zero attached hydrogens (tertiary/aromatic N) is 2. The highest BCUT2D eigenvalue weighted by atomic mass is 16.5. The van der Waals surface area contributed by atoms with E-state index in [0.29, 0.717) is 13.2 Å². The van der Waals surface area contributed by atoms with Gasteiger partial charge in [-0.2, -0.15) is 0 Å². The fourth-order valence-electron chi connectivity index (χ4n) is 2.49. The number of hydrogen-bond acceptors (Lipinski definition) is 5. The monoisotopic (exact) mass is 292 g/mol. The summed E-state index contributed by atoms with van der Waals surface area (Å²) in [4.78, 5) is 18.5. The van der Waals surface area contributed by atoms with E-state index in [0.717, 1.165) is 37.4 Å². The zero-order chi connectivity index (χ0) is 15.1. The molecule has 1 atom stereocenters. The summed E-state index contributed by atoms with van der Waals surface area (Å²) in [5.74, 6) is 0.966. The smallest absolute Gasteiger partial charge is 0.242 e. The molecule has 0 aliphatic carbocycles. The van der Waals surface area contributed by atoms with Crippen molar-refractivity contribution in [1.82, 2.24) is 15.6 Å². The van der Waals surface area contributed by atoms with Gasteiger partial charge in [0, 0.05) is 39.5 Å². The summed E-state index contributed by atoms with van der Waals surface area (Å²) in [5, 5.41) is 6.19. The van der Waals surface area contributed by atoms with Gasteiger partial charge in [0.2, 0.25) is 5.91 Å². The van der Waals surface area contributed by atoms with Gasteiger partial charge in [-0.25, -0.2) is 4.98 Å². The van der Waals surface area contributed by atoms with E-state index in [-0.39, 0.29) is 11.9 Å². The Morgan fingerprint density at radius 3 is 3.05 bits per heavy atom. The predicted octanol–water partition coefficient (Wildman–Crippen LogP) is 0.532. The Balaban J connectivity index is 1.96. The van der Waals surface area contributed by atoms with Crippen molar-refractivity contribution < 1.29 is 9.53 Å². The molecule has 0 spiro atoms. The molecule has 1 unspecified atom stereocenters. The van der Waals surface area contributed by atoms with E-state index in [1.165, 1.54) is 0 Å². The van der Waals surface area contributed by atoms with Crippen molar-refractivity contribution in [3.05, 3.63) is 23.9 Å². The topological polar surface area (TPSA) is 66.5 Å². The number of rotatable bonds is 7. The molecule has 116 valence electrons. The zero-order valence-electron chi connectivity index (χ0n) is 12.8. The molecule has 2 rings (SSSR count). The van der Waals surface area contributed by atoms with Crippen molar-refractivity contribution in [3.63, 3.8) is 0 Å². The number of nitrogens with one attached hydrogen (secondary N) is 2. The zero-order valence-corrected chi connectivity index (χ0v) is 12.8. The molecule has 1 saturated heterocycles. The van der Waals surface area contributed by atoms with E-state index < -0.39 is 0 Å². The van der Waals surface area contributed by atoms with E-state index in [9.17, 15) is 4.79 Å². The van der Waals surface area contributed by atoms with Crippen LogP contribution >= 0.6 is 0 Å². The van der Waals surface area contributed by atoms with Crippen molar-refractivity contribution >= 4 is 11.7 Å². The number of amides is 1. The average molecular weight is 292 g/mol. The third-order valence-electron chi connectivity index (χ3n) is 3.63. The number of ether oxygens (including phenoxy) is 1. The van der Waals surface area contributed by atoms with Gasteiger partial charge in [-0.3, -0.25) is 4.79 Å². The van der Waals surface area contributed by atoms with Crippen LogP contribution in [0.2, 0.25) is 0 Å². The number of hydrogen-bond donors (Lipinski definition) is 2. The summed E-state index contributed by atoms with van der Waals surface area (Å²) in [6, 6.07) is 3.94. The predicted molar refractivity (Wildman–Crippen MR) is 82.3 cm³/mol. The summed E-state index contributed by atoms with van der Waals surface area (Å²) in [7, 11) is 1.69. The van der Waals surface area contributed by atoms with E-state index in [4.69, 9.17) is 4.74 Å². The van der Waals surface area contributed by atoms with Gasteiger partial charge in [-0.05, 0) is 18.1 Å². The van der Waals surface area contributed by atoms with E-state index in [1.54, 1.807) is 7.11 Å². The van der Waals surface area contributed by atoms with Gasteiger partial charge >= 0.3 is 0 Å². The summed E-state index contributed by atoms with van der Waals surface area (Å²) < 4.78 is 4.99. The van der Waals surface area contributed by atoms with Crippen LogP contribution in [0.4, 0.5) is 5.82 Å². The highest BCUT2D eigenvalue weighted by molar-refractivity contribution is 5.86. The van der Waals surface area contributed by atoms with Crippen LogP contribution in [0.5, 0.6) is 0 Å². The maximum atomic E-state index is 11.9. The maximum Gasteiger partial charge on any atom is 0.242 e. The SMILES string of the molecule is CCC1C(=O)NCCN1c1ccc(CNCCOC)cn1. The van der Waals surface area contributed by atoms with E-state index in [2.05, 4.69) is 26.6 Å². The van der Waals surface area contributed by atoms with Crippen LogP contribution in [0.15, 0.2) is 18.3 Å². The fraction of sp³-hybridized carbons (Fsp3) is 0.600. The van der Waals surface area contributed by atoms with Crippen molar-refractivity contribution in [2.75, 3.05) is 38.3 Å². The Bertz CT molecular complexity index is 449. The Morgan fingerprint density at radius 1 is 1.52 bits per heavy atom. The van der Waals surface area contributed by atoms with Gasteiger partial charge in [0.1, 0.15) is 11.9 Å². The molecule has 1 fully saturated rings. The molecule has 1 aliphatic heterocycles. The minimum atomic E-state index is -0.114. The van der Waals surface area contributed by atoms with Gasteiger partial charge in [0.05, 0.1) is 6.61 Å².